The predicted molar refractivity (Wildman–Crippen MR) is 102 cm³/mol. The van der Waals surface area contributed by atoms with E-state index in [1.165, 1.54) is 11.8 Å². The maximum Gasteiger partial charge on any atom is 0.242 e. The lowest BCUT2D eigenvalue weighted by atomic mass is 10.1. The third-order valence-corrected chi connectivity index (χ3v) is 4.97. The largest absolute Gasteiger partial charge is 0.353 e. The summed E-state index contributed by atoms with van der Waals surface area (Å²) in [6.07, 6.45) is 1.77. The molecule has 1 atom stereocenters. The Kier molecular flexibility index (Phi) is 5.41. The normalized spacial score (nSPS) is 12.3. The van der Waals surface area contributed by atoms with Gasteiger partial charge in [-0.2, -0.15) is 0 Å². The average molecular weight is 371 g/mol. The molecule has 3 rings (SSSR count). The molecule has 0 saturated carbocycles. The van der Waals surface area contributed by atoms with Crippen molar-refractivity contribution >= 4 is 34.4 Å². The van der Waals surface area contributed by atoms with Gasteiger partial charge in [0.2, 0.25) is 11.1 Å². The summed E-state index contributed by atoms with van der Waals surface area (Å²) >= 11 is 1.48. The Labute approximate surface area is 155 Å². The number of hydrogen-bond acceptors (Lipinski definition) is 5. The number of amides is 1. The third-order valence-electron chi connectivity index (χ3n) is 4.13. The molecule has 2 aromatic heterocycles. The Morgan fingerprint density at radius 1 is 1.35 bits per heavy atom. The summed E-state index contributed by atoms with van der Waals surface area (Å²) in [6, 6.07) is 7.22. The van der Waals surface area contributed by atoms with Gasteiger partial charge in [0.1, 0.15) is 11.9 Å². The highest BCUT2D eigenvalue weighted by Gasteiger charge is 2.19. The lowest BCUT2D eigenvalue weighted by Crippen LogP contribution is -2.32. The van der Waals surface area contributed by atoms with Crippen LogP contribution in [0.2, 0.25) is 0 Å². The Morgan fingerprint density at radius 3 is 2.81 bits per heavy atom. The van der Waals surface area contributed by atoms with Crippen LogP contribution in [0.5, 0.6) is 0 Å². The zero-order valence-electron chi connectivity index (χ0n) is 14.9. The molecule has 0 aliphatic carbocycles. The van der Waals surface area contributed by atoms with Crippen molar-refractivity contribution in [1.29, 1.82) is 0 Å². The topological polar surface area (TPSA) is 92.7 Å². The summed E-state index contributed by atoms with van der Waals surface area (Å²) in [5, 5.41) is 11.3. The lowest BCUT2D eigenvalue weighted by molar-refractivity contribution is -0.123. The molecule has 8 heteroatoms. The van der Waals surface area contributed by atoms with Crippen LogP contribution >= 0.6 is 11.8 Å². The number of aromatic nitrogens is 4. The van der Waals surface area contributed by atoms with E-state index in [-0.39, 0.29) is 11.7 Å². The molecule has 26 heavy (non-hydrogen) atoms. The maximum atomic E-state index is 12.5. The number of aromatic amines is 1. The fraction of sp³-hybridized carbons (Fsp3) is 0.333. The number of Topliss-reactive ketones (excluding diaryl/α,β-unsaturated/α-hetero) is 1. The van der Waals surface area contributed by atoms with Crippen LogP contribution < -0.4 is 5.32 Å². The molecule has 1 aromatic carbocycles. The number of ketones is 1. The van der Waals surface area contributed by atoms with Crippen LogP contribution in [0.3, 0.4) is 0 Å². The van der Waals surface area contributed by atoms with E-state index >= 15 is 0 Å². The highest BCUT2D eigenvalue weighted by Crippen LogP contribution is 2.25. The number of nitrogens with one attached hydrogen (secondary N) is 2. The van der Waals surface area contributed by atoms with Crippen LogP contribution in [0.15, 0.2) is 35.6 Å². The van der Waals surface area contributed by atoms with Gasteiger partial charge in [-0.3, -0.25) is 14.7 Å². The van der Waals surface area contributed by atoms with E-state index < -0.39 is 6.04 Å². The molecular weight excluding hydrogens is 350 g/mol. The number of carbonyl (C=O) groups excluding carboxylic acids is 2. The average Bonchev–Trinajstić information content (AvgIpc) is 3.21. The smallest absolute Gasteiger partial charge is 0.242 e. The summed E-state index contributed by atoms with van der Waals surface area (Å²) in [5.41, 5.74) is 1.52. The minimum absolute atomic E-state index is 0.00856. The Balaban J connectivity index is 1.65. The molecule has 0 bridgehead atoms. The number of rotatable bonds is 7. The molecule has 1 amide bonds. The zero-order chi connectivity index (χ0) is 18.7. The monoisotopic (exact) mass is 371 g/mol. The lowest BCUT2D eigenvalue weighted by Gasteiger charge is -2.15. The van der Waals surface area contributed by atoms with E-state index in [4.69, 9.17) is 0 Å². The number of aryl methyl sites for hydroxylation is 1. The van der Waals surface area contributed by atoms with Gasteiger partial charge in [0.25, 0.3) is 0 Å². The van der Waals surface area contributed by atoms with Crippen molar-refractivity contribution in [1.82, 2.24) is 25.1 Å². The van der Waals surface area contributed by atoms with Gasteiger partial charge in [-0.05, 0) is 26.8 Å². The molecule has 0 unspecified atom stereocenters. The molecule has 3 aromatic rings. The highest BCUT2D eigenvalue weighted by molar-refractivity contribution is 7.99. The Hall–Kier alpha value is -2.61. The van der Waals surface area contributed by atoms with Crippen molar-refractivity contribution in [3.05, 3.63) is 41.9 Å². The molecule has 136 valence electrons. The number of hydrogen-bond donors (Lipinski definition) is 2. The van der Waals surface area contributed by atoms with E-state index in [1.54, 1.807) is 13.1 Å². The number of carbonyl (C=O) groups is 2. The van der Waals surface area contributed by atoms with Crippen molar-refractivity contribution in [2.75, 3.05) is 12.3 Å². The van der Waals surface area contributed by atoms with E-state index in [0.717, 1.165) is 16.7 Å². The predicted octanol–water partition coefficient (Wildman–Crippen LogP) is 2.74. The molecule has 0 fully saturated rings. The van der Waals surface area contributed by atoms with Gasteiger partial charge in [-0.1, -0.05) is 30.0 Å². The van der Waals surface area contributed by atoms with Crippen LogP contribution in [0.4, 0.5) is 0 Å². The van der Waals surface area contributed by atoms with Crippen LogP contribution in [-0.4, -0.2) is 43.7 Å². The van der Waals surface area contributed by atoms with E-state index in [0.29, 0.717) is 23.0 Å². The van der Waals surface area contributed by atoms with E-state index in [2.05, 4.69) is 20.5 Å². The number of para-hydroxylation sites is 1. The van der Waals surface area contributed by atoms with E-state index in [9.17, 15) is 9.59 Å². The van der Waals surface area contributed by atoms with Gasteiger partial charge in [-0.25, -0.2) is 4.98 Å². The van der Waals surface area contributed by atoms with Crippen LogP contribution in [0.1, 0.15) is 36.1 Å². The molecular formula is C18H21N5O2S. The number of H-pyrrole nitrogens is 1. The van der Waals surface area contributed by atoms with Gasteiger partial charge in [0.05, 0.1) is 0 Å². The Bertz CT molecular complexity index is 946. The first-order valence-electron chi connectivity index (χ1n) is 8.37. The van der Waals surface area contributed by atoms with Crippen LogP contribution in [0, 0.1) is 6.92 Å². The van der Waals surface area contributed by atoms with Gasteiger partial charge >= 0.3 is 0 Å². The third kappa shape index (κ3) is 3.80. The van der Waals surface area contributed by atoms with E-state index in [1.807, 2.05) is 42.7 Å². The maximum absolute atomic E-state index is 12.5. The van der Waals surface area contributed by atoms with Gasteiger partial charge in [0.15, 0.2) is 5.78 Å². The standard InChI is InChI=1S/C18H21N5O2S/c1-11(17(25)19-8-9-26-18-20-13(3)21-22-18)23-10-15(12(2)24)14-6-4-5-7-16(14)23/h4-7,10-11H,8-9H2,1-3H3,(H,19,25)(H,20,21,22)/t11-/m1/s1. The molecule has 0 spiro atoms. The first-order chi connectivity index (χ1) is 12.5. The number of benzene rings is 1. The second-order valence-electron chi connectivity index (χ2n) is 6.04. The molecule has 0 radical (unpaired) electrons. The minimum atomic E-state index is -0.413. The number of thioether (sulfide) groups is 1. The fourth-order valence-electron chi connectivity index (χ4n) is 2.78. The quantitative estimate of drug-likeness (QED) is 0.378. The van der Waals surface area contributed by atoms with Crippen molar-refractivity contribution < 1.29 is 9.59 Å². The van der Waals surface area contributed by atoms with Crippen molar-refractivity contribution in [2.45, 2.75) is 32.0 Å². The van der Waals surface area contributed by atoms with Gasteiger partial charge in [0, 0.05) is 35.0 Å². The molecule has 0 saturated heterocycles. The first kappa shape index (κ1) is 18.2. The zero-order valence-corrected chi connectivity index (χ0v) is 15.8. The summed E-state index contributed by atoms with van der Waals surface area (Å²) in [7, 11) is 0. The Morgan fingerprint density at radius 2 is 2.12 bits per heavy atom. The minimum Gasteiger partial charge on any atom is -0.353 e. The fourth-order valence-corrected chi connectivity index (χ4v) is 3.48. The van der Waals surface area contributed by atoms with Crippen molar-refractivity contribution in [3.8, 4) is 0 Å². The summed E-state index contributed by atoms with van der Waals surface area (Å²) in [5.74, 6) is 1.35. The molecule has 0 aliphatic heterocycles. The van der Waals surface area contributed by atoms with Crippen LogP contribution in [0.25, 0.3) is 10.9 Å². The van der Waals surface area contributed by atoms with Crippen LogP contribution in [-0.2, 0) is 4.79 Å². The molecule has 2 N–H and O–H groups in total. The first-order valence-corrected chi connectivity index (χ1v) is 9.36. The van der Waals surface area contributed by atoms with Gasteiger partial charge < -0.3 is 9.88 Å². The molecule has 2 heterocycles. The highest BCUT2D eigenvalue weighted by atomic mass is 32.2. The molecule has 0 aliphatic rings. The molecule has 7 nitrogen and oxygen atoms in total. The summed E-state index contributed by atoms with van der Waals surface area (Å²) < 4.78 is 1.85. The second-order valence-corrected chi connectivity index (χ2v) is 7.10. The van der Waals surface area contributed by atoms with Crippen molar-refractivity contribution in [2.24, 2.45) is 0 Å². The SMILES string of the molecule is CC(=O)c1cn([C@H](C)C(=O)NCCSc2n[nH]c(C)n2)c2ccccc12. The second kappa shape index (κ2) is 7.74. The number of fused-ring (bicyclic) bond motifs is 1. The van der Waals surface area contributed by atoms with Crippen molar-refractivity contribution in [3.63, 3.8) is 0 Å². The number of nitrogens with zero attached hydrogens (tertiary/aromatic N) is 3. The summed E-state index contributed by atoms with van der Waals surface area (Å²) in [4.78, 5) is 28.6. The van der Waals surface area contributed by atoms with Gasteiger partial charge in [-0.15, -0.1) is 5.10 Å². The summed E-state index contributed by atoms with van der Waals surface area (Å²) in [6.45, 7) is 5.73.